The lowest BCUT2D eigenvalue weighted by atomic mass is 9.83. The standard InChI is InChI=1S/C33H41N3O2/c1-5-7-19-34-27-15-13-26(14-16-27)33-22-30(33)31(35-36(33)28-17-11-23(3)12-18-28)21-29(32(37)38-6-2)25-10-8-9-24(4)20-25/h5,8-13,15,17-18,24,29-30,34H,1,6-7,14,16,19-22H2,2-4H3. The lowest BCUT2D eigenvalue weighted by Gasteiger charge is -2.31. The van der Waals surface area contributed by atoms with Gasteiger partial charge in [0.2, 0.25) is 0 Å². The Kier molecular flexibility index (Phi) is 7.73. The van der Waals surface area contributed by atoms with Gasteiger partial charge >= 0.3 is 5.97 Å². The number of allylic oxidation sites excluding steroid dienone is 6. The Bertz CT molecular complexity index is 1220. The van der Waals surface area contributed by atoms with E-state index in [0.717, 1.165) is 55.6 Å². The van der Waals surface area contributed by atoms with Crippen molar-refractivity contribution in [1.82, 2.24) is 5.32 Å². The molecule has 1 aromatic rings. The molecular weight excluding hydrogens is 470 g/mol. The van der Waals surface area contributed by atoms with Gasteiger partial charge in [-0.15, -0.1) is 6.58 Å². The van der Waals surface area contributed by atoms with Crippen LogP contribution < -0.4 is 10.3 Å². The van der Waals surface area contributed by atoms with Crippen LogP contribution in [0, 0.1) is 24.7 Å². The summed E-state index contributed by atoms with van der Waals surface area (Å²) in [5.74, 6) is 0.347. The highest BCUT2D eigenvalue weighted by Gasteiger charge is 2.66. The largest absolute Gasteiger partial charge is 0.466 e. The fraction of sp³-hybridized carbons (Fsp3) is 0.455. The first-order valence-electron chi connectivity index (χ1n) is 14.2. The molecule has 0 spiro atoms. The van der Waals surface area contributed by atoms with Crippen molar-refractivity contribution < 1.29 is 9.53 Å². The highest BCUT2D eigenvalue weighted by Crippen LogP contribution is 2.61. The van der Waals surface area contributed by atoms with E-state index < -0.39 is 0 Å². The summed E-state index contributed by atoms with van der Waals surface area (Å²) in [6.45, 7) is 11.3. The van der Waals surface area contributed by atoms with Gasteiger partial charge in [-0.3, -0.25) is 9.80 Å². The number of anilines is 1. The molecule has 1 N–H and O–H groups in total. The Labute approximate surface area is 227 Å². The second-order valence-corrected chi connectivity index (χ2v) is 11.1. The molecule has 3 aliphatic carbocycles. The lowest BCUT2D eigenvalue weighted by molar-refractivity contribution is -0.146. The van der Waals surface area contributed by atoms with Gasteiger partial charge in [-0.25, -0.2) is 0 Å². The fourth-order valence-electron chi connectivity index (χ4n) is 6.25. The van der Waals surface area contributed by atoms with E-state index in [4.69, 9.17) is 9.84 Å². The average Bonchev–Trinajstić information content (AvgIpc) is 3.59. The average molecular weight is 512 g/mol. The molecule has 0 bridgehead atoms. The minimum absolute atomic E-state index is 0.124. The maximum Gasteiger partial charge on any atom is 0.313 e. The van der Waals surface area contributed by atoms with E-state index in [9.17, 15) is 4.79 Å². The van der Waals surface area contributed by atoms with Crippen LogP contribution in [0.5, 0.6) is 0 Å². The van der Waals surface area contributed by atoms with Gasteiger partial charge < -0.3 is 10.1 Å². The second-order valence-electron chi connectivity index (χ2n) is 11.1. The van der Waals surface area contributed by atoms with E-state index in [0.29, 0.717) is 24.9 Å². The number of esters is 1. The molecule has 1 aliphatic heterocycles. The summed E-state index contributed by atoms with van der Waals surface area (Å²) in [4.78, 5) is 13.2. The molecule has 1 saturated carbocycles. The van der Waals surface area contributed by atoms with E-state index in [2.05, 4.69) is 85.4 Å². The number of nitrogens with zero attached hydrogens (tertiary/aromatic N) is 2. The Morgan fingerprint density at radius 3 is 2.76 bits per heavy atom. The molecule has 1 aromatic carbocycles. The zero-order chi connectivity index (χ0) is 26.7. The van der Waals surface area contributed by atoms with Crippen molar-refractivity contribution in [1.29, 1.82) is 0 Å². The van der Waals surface area contributed by atoms with Crippen LogP contribution in [0.3, 0.4) is 0 Å². The molecule has 200 valence electrons. The van der Waals surface area contributed by atoms with Gasteiger partial charge in [0, 0.05) is 30.3 Å². The van der Waals surface area contributed by atoms with E-state index in [1.165, 1.54) is 16.8 Å². The number of benzene rings is 1. The Morgan fingerprint density at radius 2 is 2.08 bits per heavy atom. The molecule has 4 atom stereocenters. The number of fused-ring (bicyclic) bond motifs is 1. The third-order valence-electron chi connectivity index (χ3n) is 8.36. The SMILES string of the molecule is C=CCCNC1=CC=C(C23CC2C(CC(C(=O)OCC)C2=CC=CC(C)C2)=NN3c2ccc(C)cc2)CC1. The zero-order valence-electron chi connectivity index (χ0n) is 23.1. The Morgan fingerprint density at radius 1 is 1.26 bits per heavy atom. The molecule has 4 unspecified atom stereocenters. The number of nitrogens with one attached hydrogen (secondary N) is 1. The molecule has 5 rings (SSSR count). The summed E-state index contributed by atoms with van der Waals surface area (Å²) in [5, 5.41) is 11.1. The number of hydrazone groups is 1. The van der Waals surface area contributed by atoms with Crippen LogP contribution >= 0.6 is 0 Å². The van der Waals surface area contributed by atoms with Gasteiger partial charge in [0.05, 0.1) is 23.8 Å². The molecule has 4 aliphatic rings. The van der Waals surface area contributed by atoms with Crippen molar-refractivity contribution in [3.63, 3.8) is 0 Å². The number of rotatable bonds is 11. The summed E-state index contributed by atoms with van der Waals surface area (Å²) in [7, 11) is 0. The van der Waals surface area contributed by atoms with Crippen molar-refractivity contribution in [3.8, 4) is 0 Å². The number of ether oxygens (including phenoxy) is 1. The minimum atomic E-state index is -0.279. The highest BCUT2D eigenvalue weighted by molar-refractivity contribution is 5.99. The van der Waals surface area contributed by atoms with Crippen molar-refractivity contribution >= 4 is 17.4 Å². The maximum absolute atomic E-state index is 13.2. The first-order valence-corrected chi connectivity index (χ1v) is 14.2. The van der Waals surface area contributed by atoms with Gasteiger partial charge in [-0.05, 0) is 75.7 Å². The summed E-state index contributed by atoms with van der Waals surface area (Å²) >= 11 is 0. The second kappa shape index (κ2) is 11.2. The predicted octanol–water partition coefficient (Wildman–Crippen LogP) is 6.79. The number of hydrogen-bond acceptors (Lipinski definition) is 5. The van der Waals surface area contributed by atoms with Crippen LogP contribution in [-0.2, 0) is 9.53 Å². The van der Waals surface area contributed by atoms with Crippen LogP contribution in [0.4, 0.5) is 5.69 Å². The Hall–Kier alpha value is -3.34. The molecule has 38 heavy (non-hydrogen) atoms. The van der Waals surface area contributed by atoms with E-state index in [-0.39, 0.29) is 17.4 Å². The topological polar surface area (TPSA) is 53.9 Å². The molecule has 0 radical (unpaired) electrons. The van der Waals surface area contributed by atoms with Crippen molar-refractivity contribution in [2.24, 2.45) is 22.9 Å². The third kappa shape index (κ3) is 5.16. The molecule has 0 amide bonds. The number of carbonyl (C=O) groups is 1. The van der Waals surface area contributed by atoms with Crippen molar-refractivity contribution in [2.45, 2.75) is 64.8 Å². The van der Waals surface area contributed by atoms with Gasteiger partial charge in [-0.1, -0.05) is 60.6 Å². The molecule has 0 aromatic heterocycles. The predicted molar refractivity (Wildman–Crippen MR) is 156 cm³/mol. The zero-order valence-corrected chi connectivity index (χ0v) is 23.1. The minimum Gasteiger partial charge on any atom is -0.466 e. The third-order valence-corrected chi connectivity index (χ3v) is 8.36. The molecule has 1 heterocycles. The monoisotopic (exact) mass is 511 g/mol. The molecule has 5 heteroatoms. The summed E-state index contributed by atoms with van der Waals surface area (Å²) in [6.07, 6.45) is 18.5. The summed E-state index contributed by atoms with van der Waals surface area (Å²) in [6, 6.07) is 8.68. The maximum atomic E-state index is 13.2. The van der Waals surface area contributed by atoms with Gasteiger partial charge in [-0.2, -0.15) is 5.10 Å². The van der Waals surface area contributed by atoms with Gasteiger partial charge in [0.15, 0.2) is 0 Å². The molecular formula is C33H41N3O2. The van der Waals surface area contributed by atoms with Crippen molar-refractivity contribution in [2.75, 3.05) is 18.2 Å². The first kappa shape index (κ1) is 26.3. The molecule has 0 saturated heterocycles. The van der Waals surface area contributed by atoms with E-state index in [1.807, 2.05) is 13.0 Å². The van der Waals surface area contributed by atoms with Crippen LogP contribution in [-0.4, -0.2) is 30.4 Å². The van der Waals surface area contributed by atoms with Crippen LogP contribution in [0.1, 0.15) is 57.9 Å². The number of carbonyl (C=O) groups excluding carboxylic acids is 1. The van der Waals surface area contributed by atoms with Gasteiger partial charge in [0.1, 0.15) is 0 Å². The summed E-state index contributed by atoms with van der Waals surface area (Å²) in [5.41, 5.74) is 7.26. The van der Waals surface area contributed by atoms with E-state index in [1.54, 1.807) is 0 Å². The first-order chi connectivity index (χ1) is 18.5. The fourth-order valence-corrected chi connectivity index (χ4v) is 6.25. The highest BCUT2D eigenvalue weighted by atomic mass is 16.5. The normalized spacial score (nSPS) is 26.4. The number of hydrogen-bond donors (Lipinski definition) is 1. The number of aryl methyl sites for hydroxylation is 1. The quantitative estimate of drug-likeness (QED) is 0.202. The van der Waals surface area contributed by atoms with Crippen LogP contribution in [0.2, 0.25) is 0 Å². The van der Waals surface area contributed by atoms with Crippen LogP contribution in [0.25, 0.3) is 0 Å². The summed E-state index contributed by atoms with van der Waals surface area (Å²) < 4.78 is 5.57. The molecule has 5 nitrogen and oxygen atoms in total. The van der Waals surface area contributed by atoms with Crippen LogP contribution in [0.15, 0.2) is 89.2 Å². The van der Waals surface area contributed by atoms with Gasteiger partial charge in [0.25, 0.3) is 0 Å². The smallest absolute Gasteiger partial charge is 0.313 e. The van der Waals surface area contributed by atoms with Crippen molar-refractivity contribution in [3.05, 3.63) is 89.7 Å². The lowest BCUT2D eigenvalue weighted by Crippen LogP contribution is -2.34. The van der Waals surface area contributed by atoms with E-state index >= 15 is 0 Å². The Balaban J connectivity index is 1.44. The molecule has 1 fully saturated rings.